The van der Waals surface area contributed by atoms with Crippen molar-refractivity contribution in [3.8, 4) is 11.6 Å². The first kappa shape index (κ1) is 25.7. The highest BCUT2D eigenvalue weighted by molar-refractivity contribution is 5.94. The smallest absolute Gasteiger partial charge is 0.299 e. The molecule has 0 bridgehead atoms. The lowest BCUT2D eigenvalue weighted by atomic mass is 10.1. The Bertz CT molecular complexity index is 1060. The molecule has 0 spiro atoms. The quantitative estimate of drug-likeness (QED) is 0.293. The summed E-state index contributed by atoms with van der Waals surface area (Å²) in [5, 5.41) is 2.26. The van der Waals surface area contributed by atoms with Crippen molar-refractivity contribution in [1.29, 1.82) is 0 Å². The number of hydrogen-bond donors (Lipinski definition) is 1. The summed E-state index contributed by atoms with van der Waals surface area (Å²) in [4.78, 5) is 36.8. The monoisotopic (exact) mass is 466 g/mol. The standard InChI is InChI=1S/C23H25F3N2O5/c1-4-6-7-32-21-20(30)17(12-28(11-14(3)5-2)23(21)33-13-29)22(31)27-10-16-18(25)8-15(24)9-19(16)26/h5,8-9,12-14H,2,4,6-7,10-11H2,1,3H3,(H,27,31). The molecule has 0 aliphatic carbocycles. The van der Waals surface area contributed by atoms with Crippen LogP contribution in [0.4, 0.5) is 13.2 Å². The van der Waals surface area contributed by atoms with E-state index in [0.717, 1.165) is 6.42 Å². The van der Waals surface area contributed by atoms with Crippen LogP contribution in [-0.4, -0.2) is 23.6 Å². The number of benzene rings is 1. The molecule has 1 aromatic heterocycles. The van der Waals surface area contributed by atoms with Gasteiger partial charge in [-0.2, -0.15) is 0 Å². The lowest BCUT2D eigenvalue weighted by molar-refractivity contribution is -0.121. The predicted octanol–water partition coefficient (Wildman–Crippen LogP) is 3.73. The number of pyridine rings is 1. The maximum absolute atomic E-state index is 13.9. The molecule has 1 amide bonds. The summed E-state index contributed by atoms with van der Waals surface area (Å²) in [5.41, 5.74) is -1.81. The number of amides is 1. The molecule has 1 N–H and O–H groups in total. The van der Waals surface area contributed by atoms with Crippen molar-refractivity contribution < 1.29 is 32.2 Å². The Morgan fingerprint density at radius 3 is 2.52 bits per heavy atom. The lowest BCUT2D eigenvalue weighted by Crippen LogP contribution is -2.31. The zero-order valence-corrected chi connectivity index (χ0v) is 18.3. The minimum atomic E-state index is -1.18. The maximum atomic E-state index is 13.9. The zero-order chi connectivity index (χ0) is 24.5. The first-order valence-electron chi connectivity index (χ1n) is 10.3. The predicted molar refractivity (Wildman–Crippen MR) is 115 cm³/mol. The van der Waals surface area contributed by atoms with E-state index in [1.54, 1.807) is 6.08 Å². The molecule has 0 saturated heterocycles. The number of aromatic nitrogens is 1. The number of rotatable bonds is 12. The molecule has 1 aromatic carbocycles. The van der Waals surface area contributed by atoms with E-state index in [1.165, 1.54) is 10.8 Å². The Labute approximate surface area is 188 Å². The van der Waals surface area contributed by atoms with Crippen molar-refractivity contribution in [2.24, 2.45) is 5.92 Å². The minimum Gasteiger partial charge on any atom is -0.485 e. The number of unbranched alkanes of at least 4 members (excludes halogenated alkanes) is 1. The largest absolute Gasteiger partial charge is 0.485 e. The maximum Gasteiger partial charge on any atom is 0.299 e. The van der Waals surface area contributed by atoms with E-state index in [9.17, 15) is 27.6 Å². The van der Waals surface area contributed by atoms with Crippen molar-refractivity contribution in [2.45, 2.75) is 39.8 Å². The summed E-state index contributed by atoms with van der Waals surface area (Å²) >= 11 is 0. The van der Waals surface area contributed by atoms with Gasteiger partial charge in [0.15, 0.2) is 0 Å². The van der Waals surface area contributed by atoms with Gasteiger partial charge in [-0.15, -0.1) is 6.58 Å². The fourth-order valence-electron chi connectivity index (χ4n) is 2.92. The fourth-order valence-corrected chi connectivity index (χ4v) is 2.92. The number of halogens is 3. The summed E-state index contributed by atoms with van der Waals surface area (Å²) in [7, 11) is 0. The second kappa shape index (κ2) is 11.9. The van der Waals surface area contributed by atoms with Gasteiger partial charge in [-0.3, -0.25) is 14.4 Å². The molecular weight excluding hydrogens is 441 g/mol. The minimum absolute atomic E-state index is 0.134. The van der Waals surface area contributed by atoms with Crippen LogP contribution in [-0.2, 0) is 17.9 Å². The summed E-state index contributed by atoms with van der Waals surface area (Å²) in [5.74, 6) is -5.04. The van der Waals surface area contributed by atoms with Crippen LogP contribution in [0.2, 0.25) is 0 Å². The van der Waals surface area contributed by atoms with Crippen LogP contribution >= 0.6 is 0 Å². The first-order valence-corrected chi connectivity index (χ1v) is 10.3. The fraction of sp³-hybridized carbons (Fsp3) is 0.348. The molecule has 33 heavy (non-hydrogen) atoms. The van der Waals surface area contributed by atoms with Crippen LogP contribution in [0.25, 0.3) is 0 Å². The van der Waals surface area contributed by atoms with E-state index in [2.05, 4.69) is 11.9 Å². The third kappa shape index (κ3) is 6.47. The van der Waals surface area contributed by atoms with Crippen LogP contribution in [0.3, 0.4) is 0 Å². The van der Waals surface area contributed by atoms with Gasteiger partial charge in [0.25, 0.3) is 12.4 Å². The molecule has 0 saturated carbocycles. The SMILES string of the molecule is C=CC(C)Cn1cc(C(=O)NCc2c(F)cc(F)cc2F)c(=O)c(OCCCC)c1OC=O. The Morgan fingerprint density at radius 1 is 1.27 bits per heavy atom. The van der Waals surface area contributed by atoms with Crippen LogP contribution < -0.4 is 20.2 Å². The van der Waals surface area contributed by atoms with E-state index in [4.69, 9.17) is 9.47 Å². The summed E-state index contributed by atoms with van der Waals surface area (Å²) < 4.78 is 52.8. The average molecular weight is 466 g/mol. The Kier molecular flexibility index (Phi) is 9.26. The number of carbonyl (C=O) groups excluding carboxylic acids is 2. The van der Waals surface area contributed by atoms with Crippen molar-refractivity contribution in [1.82, 2.24) is 9.88 Å². The second-order valence-electron chi connectivity index (χ2n) is 7.32. The van der Waals surface area contributed by atoms with Gasteiger partial charge in [0, 0.05) is 37.0 Å². The highest BCUT2D eigenvalue weighted by atomic mass is 19.1. The van der Waals surface area contributed by atoms with Crippen molar-refractivity contribution in [2.75, 3.05) is 6.61 Å². The second-order valence-corrected chi connectivity index (χ2v) is 7.32. The number of hydrogen-bond acceptors (Lipinski definition) is 5. The Morgan fingerprint density at radius 2 is 1.94 bits per heavy atom. The van der Waals surface area contributed by atoms with Crippen LogP contribution in [0.15, 0.2) is 35.8 Å². The van der Waals surface area contributed by atoms with Gasteiger partial charge in [-0.05, 0) is 12.3 Å². The van der Waals surface area contributed by atoms with E-state index in [0.29, 0.717) is 18.6 Å². The van der Waals surface area contributed by atoms with Crippen LogP contribution in [0.5, 0.6) is 11.6 Å². The molecule has 10 heteroatoms. The molecule has 0 fully saturated rings. The van der Waals surface area contributed by atoms with Gasteiger partial charge < -0.3 is 19.4 Å². The molecular formula is C23H25F3N2O5. The summed E-state index contributed by atoms with van der Waals surface area (Å²) in [6, 6.07) is 0.971. The molecule has 2 aromatic rings. The number of allylic oxidation sites excluding steroid dienone is 1. The Hall–Kier alpha value is -3.56. The van der Waals surface area contributed by atoms with Crippen molar-refractivity contribution in [3.63, 3.8) is 0 Å². The van der Waals surface area contributed by atoms with E-state index in [1.807, 2.05) is 13.8 Å². The van der Waals surface area contributed by atoms with E-state index in [-0.39, 0.29) is 42.7 Å². The third-order valence-electron chi connectivity index (χ3n) is 4.76. The Balaban J connectivity index is 2.47. The molecule has 178 valence electrons. The zero-order valence-electron chi connectivity index (χ0n) is 18.3. The molecule has 1 heterocycles. The topological polar surface area (TPSA) is 86.6 Å². The third-order valence-corrected chi connectivity index (χ3v) is 4.76. The van der Waals surface area contributed by atoms with Gasteiger partial charge in [0.1, 0.15) is 23.0 Å². The molecule has 0 radical (unpaired) electrons. The molecule has 1 atom stereocenters. The molecule has 2 rings (SSSR count). The van der Waals surface area contributed by atoms with Gasteiger partial charge in [-0.1, -0.05) is 26.3 Å². The van der Waals surface area contributed by atoms with Crippen molar-refractivity contribution in [3.05, 3.63) is 69.8 Å². The van der Waals surface area contributed by atoms with Gasteiger partial charge >= 0.3 is 0 Å². The number of carbonyl (C=O) groups is 2. The lowest BCUT2D eigenvalue weighted by Gasteiger charge is -2.19. The molecule has 0 aliphatic heterocycles. The van der Waals surface area contributed by atoms with Crippen LogP contribution in [0, 0.1) is 23.4 Å². The van der Waals surface area contributed by atoms with Crippen molar-refractivity contribution >= 4 is 12.4 Å². The van der Waals surface area contributed by atoms with Gasteiger partial charge in [0.05, 0.1) is 6.61 Å². The highest BCUT2D eigenvalue weighted by Crippen LogP contribution is 2.26. The molecule has 1 unspecified atom stereocenters. The molecule has 0 aliphatic rings. The molecule has 7 nitrogen and oxygen atoms in total. The highest BCUT2D eigenvalue weighted by Gasteiger charge is 2.24. The van der Waals surface area contributed by atoms with Crippen LogP contribution in [0.1, 0.15) is 42.6 Å². The normalized spacial score (nSPS) is 11.5. The average Bonchev–Trinajstić information content (AvgIpc) is 2.76. The number of nitrogens with zero attached hydrogens (tertiary/aromatic N) is 1. The summed E-state index contributed by atoms with van der Waals surface area (Å²) in [6.45, 7) is 7.24. The number of nitrogens with one attached hydrogen (secondary N) is 1. The van der Waals surface area contributed by atoms with Gasteiger partial charge in [0.2, 0.25) is 17.1 Å². The summed E-state index contributed by atoms with van der Waals surface area (Å²) in [6.07, 6.45) is 4.16. The van der Waals surface area contributed by atoms with Gasteiger partial charge in [-0.25, -0.2) is 13.2 Å². The first-order chi connectivity index (χ1) is 15.7. The van der Waals surface area contributed by atoms with E-state index >= 15 is 0 Å². The number of ether oxygens (including phenoxy) is 2. The van der Waals surface area contributed by atoms with E-state index < -0.39 is 40.9 Å².